The summed E-state index contributed by atoms with van der Waals surface area (Å²) in [5, 5.41) is 0. The molecule has 0 bridgehead atoms. The fourth-order valence-electron chi connectivity index (χ4n) is 1.31. The number of hydrogen-bond donors (Lipinski definition) is 0. The lowest BCUT2D eigenvalue weighted by atomic mass is 10.4. The molecule has 1 fully saturated rings. The van der Waals surface area contributed by atoms with Gasteiger partial charge in [0.05, 0.1) is 10.9 Å². The molecule has 0 spiro atoms. The summed E-state index contributed by atoms with van der Waals surface area (Å²) in [5.74, 6) is 0.367. The van der Waals surface area contributed by atoms with Crippen LogP contribution in [0.3, 0.4) is 0 Å². The fourth-order valence-corrected chi connectivity index (χ4v) is 3.26. The van der Waals surface area contributed by atoms with Gasteiger partial charge in [0.25, 0.3) is 0 Å². The molecule has 0 aliphatic carbocycles. The van der Waals surface area contributed by atoms with Gasteiger partial charge in [-0.05, 0) is 12.1 Å². The number of halogens is 1. The highest BCUT2D eigenvalue weighted by molar-refractivity contribution is 7.89. The molecule has 76 valence electrons. The Labute approximate surface area is 88.3 Å². The van der Waals surface area contributed by atoms with E-state index in [0.29, 0.717) is 17.3 Å². The van der Waals surface area contributed by atoms with Crippen LogP contribution in [0.4, 0.5) is 0 Å². The van der Waals surface area contributed by atoms with Gasteiger partial charge in [0.15, 0.2) is 0 Å². The van der Waals surface area contributed by atoms with E-state index < -0.39 is 10.0 Å². The van der Waals surface area contributed by atoms with Crippen LogP contribution in [-0.4, -0.2) is 31.2 Å². The van der Waals surface area contributed by atoms with Gasteiger partial charge in [-0.3, -0.25) is 0 Å². The summed E-state index contributed by atoms with van der Waals surface area (Å²) in [6.45, 7) is 0.542. The lowest BCUT2D eigenvalue weighted by Gasteiger charge is -2.04. The Kier molecular flexibility index (Phi) is 2.51. The molecule has 0 radical (unpaired) electrons. The Morgan fingerprint density at radius 1 is 1.36 bits per heavy atom. The Hall–Kier alpha value is -0.580. The van der Waals surface area contributed by atoms with Gasteiger partial charge >= 0.3 is 0 Å². The summed E-state index contributed by atoms with van der Waals surface area (Å²) in [6.07, 6.45) is 0. The highest BCUT2D eigenvalue weighted by Gasteiger charge is 2.43. The topological polar surface area (TPSA) is 37.1 Å². The fraction of sp³-hybridized carbons (Fsp3) is 0.333. The summed E-state index contributed by atoms with van der Waals surface area (Å²) in [6, 6.07) is 8.40. The van der Waals surface area contributed by atoms with Crippen molar-refractivity contribution in [3.63, 3.8) is 0 Å². The minimum absolute atomic E-state index is 0.0122. The number of benzene rings is 1. The largest absolute Gasteiger partial charge is 0.243 e. The third-order valence-corrected chi connectivity index (χ3v) is 4.48. The first-order valence-electron chi connectivity index (χ1n) is 4.29. The van der Waals surface area contributed by atoms with Gasteiger partial charge in [0.2, 0.25) is 10.0 Å². The molecule has 3 nitrogen and oxygen atoms in total. The first-order chi connectivity index (χ1) is 6.66. The molecule has 0 aromatic heterocycles. The molecule has 0 saturated carbocycles. The van der Waals surface area contributed by atoms with Crippen molar-refractivity contribution in [1.29, 1.82) is 0 Å². The second-order valence-corrected chi connectivity index (χ2v) is 5.40. The molecule has 1 unspecified atom stereocenters. The van der Waals surface area contributed by atoms with Gasteiger partial charge in [0, 0.05) is 12.4 Å². The van der Waals surface area contributed by atoms with Crippen LogP contribution in [0.1, 0.15) is 0 Å². The van der Waals surface area contributed by atoms with Crippen LogP contribution < -0.4 is 0 Å². The van der Waals surface area contributed by atoms with Crippen molar-refractivity contribution in [3.8, 4) is 0 Å². The molecule has 5 heteroatoms. The maximum absolute atomic E-state index is 11.8. The summed E-state index contributed by atoms with van der Waals surface area (Å²) in [4.78, 5) is 0.340. The standard InChI is InChI=1S/C9H10ClNO2S/c10-6-8-7-11(8)14(12,13)9-4-2-1-3-5-9/h1-5,8H,6-7H2/t8-,11?/m0/s1. The minimum atomic E-state index is -3.28. The third-order valence-electron chi connectivity index (χ3n) is 2.19. The Morgan fingerprint density at radius 3 is 2.50 bits per heavy atom. The molecule has 14 heavy (non-hydrogen) atoms. The Bertz CT molecular complexity index is 418. The van der Waals surface area contributed by atoms with Gasteiger partial charge in [-0.15, -0.1) is 11.6 Å². The van der Waals surface area contributed by atoms with E-state index >= 15 is 0 Å². The second kappa shape index (κ2) is 3.53. The molecule has 2 rings (SSSR count). The number of nitrogens with zero attached hydrogens (tertiary/aromatic N) is 1. The van der Waals surface area contributed by atoms with E-state index in [1.54, 1.807) is 30.3 Å². The molecule has 1 aliphatic rings. The highest BCUT2D eigenvalue weighted by atomic mass is 35.5. The van der Waals surface area contributed by atoms with Crippen molar-refractivity contribution in [3.05, 3.63) is 30.3 Å². The zero-order valence-corrected chi connectivity index (χ0v) is 9.00. The maximum Gasteiger partial charge on any atom is 0.243 e. The molecule has 1 saturated heterocycles. The monoisotopic (exact) mass is 231 g/mol. The predicted octanol–water partition coefficient (Wildman–Crippen LogP) is 1.30. The normalized spacial score (nSPS) is 26.1. The Balaban J connectivity index is 2.27. The second-order valence-electron chi connectivity index (χ2n) is 3.20. The van der Waals surface area contributed by atoms with Crippen LogP contribution in [0.2, 0.25) is 0 Å². The van der Waals surface area contributed by atoms with Crippen LogP contribution in [0.5, 0.6) is 0 Å². The van der Waals surface area contributed by atoms with Crippen molar-refractivity contribution in [2.45, 2.75) is 10.9 Å². The van der Waals surface area contributed by atoms with Crippen LogP contribution in [0.15, 0.2) is 35.2 Å². The highest BCUT2D eigenvalue weighted by Crippen LogP contribution is 2.28. The molecule has 1 aromatic rings. The van der Waals surface area contributed by atoms with Gasteiger partial charge in [-0.25, -0.2) is 8.42 Å². The maximum atomic E-state index is 11.8. The van der Waals surface area contributed by atoms with Crippen molar-refractivity contribution in [2.24, 2.45) is 0 Å². The third kappa shape index (κ3) is 1.65. The average molecular weight is 232 g/mol. The summed E-state index contributed by atoms with van der Waals surface area (Å²) in [5.41, 5.74) is 0. The van der Waals surface area contributed by atoms with Crippen LogP contribution >= 0.6 is 11.6 Å². The van der Waals surface area contributed by atoms with Gasteiger partial charge < -0.3 is 0 Å². The molecular formula is C9H10ClNO2S. The predicted molar refractivity (Wildman–Crippen MR) is 54.8 cm³/mol. The summed E-state index contributed by atoms with van der Waals surface area (Å²) < 4.78 is 25.1. The van der Waals surface area contributed by atoms with Crippen molar-refractivity contribution < 1.29 is 8.42 Å². The van der Waals surface area contributed by atoms with E-state index in [2.05, 4.69) is 0 Å². The van der Waals surface area contributed by atoms with E-state index in [1.807, 2.05) is 0 Å². The van der Waals surface area contributed by atoms with E-state index in [0.717, 1.165) is 0 Å². The van der Waals surface area contributed by atoms with E-state index in [9.17, 15) is 8.42 Å². The molecule has 2 atom stereocenters. The number of rotatable bonds is 3. The Morgan fingerprint density at radius 2 is 2.00 bits per heavy atom. The van der Waals surface area contributed by atoms with Crippen molar-refractivity contribution in [1.82, 2.24) is 4.31 Å². The van der Waals surface area contributed by atoms with Gasteiger partial charge in [0.1, 0.15) is 0 Å². The van der Waals surface area contributed by atoms with E-state index in [4.69, 9.17) is 11.6 Å². The lowest BCUT2D eigenvalue weighted by Crippen LogP contribution is -2.15. The number of sulfonamides is 1. The summed E-state index contributed by atoms with van der Waals surface area (Å²) in [7, 11) is -3.28. The zero-order valence-electron chi connectivity index (χ0n) is 7.43. The minimum Gasteiger partial charge on any atom is -0.207 e. The zero-order chi connectivity index (χ0) is 10.2. The van der Waals surface area contributed by atoms with Gasteiger partial charge in [-0.2, -0.15) is 4.31 Å². The van der Waals surface area contributed by atoms with E-state index in [1.165, 1.54) is 4.31 Å². The van der Waals surface area contributed by atoms with E-state index in [-0.39, 0.29) is 6.04 Å². The molecule has 1 aliphatic heterocycles. The first kappa shape index (κ1) is 9.96. The SMILES string of the molecule is O=S(=O)(c1ccccc1)N1C[C@@H]1CCl. The van der Waals surface area contributed by atoms with Crippen molar-refractivity contribution >= 4 is 21.6 Å². The van der Waals surface area contributed by atoms with Gasteiger partial charge in [-0.1, -0.05) is 18.2 Å². The lowest BCUT2D eigenvalue weighted by molar-refractivity contribution is 0.556. The molecular weight excluding hydrogens is 222 g/mol. The van der Waals surface area contributed by atoms with Crippen LogP contribution in [-0.2, 0) is 10.0 Å². The van der Waals surface area contributed by atoms with Crippen LogP contribution in [0.25, 0.3) is 0 Å². The smallest absolute Gasteiger partial charge is 0.207 e. The summed E-state index contributed by atoms with van der Waals surface area (Å²) >= 11 is 5.58. The average Bonchev–Trinajstić information content (AvgIpc) is 2.98. The quantitative estimate of drug-likeness (QED) is 0.581. The molecule has 0 N–H and O–H groups in total. The molecule has 1 heterocycles. The first-order valence-corrected chi connectivity index (χ1v) is 6.26. The van der Waals surface area contributed by atoms with Crippen molar-refractivity contribution in [2.75, 3.05) is 12.4 Å². The molecule has 1 aromatic carbocycles. The number of hydrogen-bond acceptors (Lipinski definition) is 2. The molecule has 0 amide bonds. The number of alkyl halides is 1. The van der Waals surface area contributed by atoms with Crippen LogP contribution in [0, 0.1) is 0 Å².